The number of carbonyl (C=O) groups is 2. The highest BCUT2D eigenvalue weighted by molar-refractivity contribution is 7.99. The summed E-state index contributed by atoms with van der Waals surface area (Å²) in [6, 6.07) is 13.7. The van der Waals surface area contributed by atoms with Gasteiger partial charge in [0.1, 0.15) is 17.2 Å². The van der Waals surface area contributed by atoms with Crippen molar-refractivity contribution in [2.24, 2.45) is 0 Å². The fraction of sp³-hybridized carbons (Fsp3) is 0.364. The molecule has 0 bridgehead atoms. The number of nitrogens with zero attached hydrogens (tertiary/aromatic N) is 1. The quantitative estimate of drug-likeness (QED) is 0.457. The van der Waals surface area contributed by atoms with Crippen molar-refractivity contribution in [2.45, 2.75) is 31.2 Å². The largest absolute Gasteiger partial charge is 0.497 e. The molecule has 1 aliphatic heterocycles. The van der Waals surface area contributed by atoms with Crippen LogP contribution in [0.2, 0.25) is 5.02 Å². The molecule has 1 heterocycles. The van der Waals surface area contributed by atoms with E-state index in [1.54, 1.807) is 42.3 Å². The van der Waals surface area contributed by atoms with Crippen LogP contribution in [0, 0.1) is 0 Å². The summed E-state index contributed by atoms with van der Waals surface area (Å²) >= 11 is 7.70. The summed E-state index contributed by atoms with van der Waals surface area (Å²) in [5.41, 5.74) is 1.34. The van der Waals surface area contributed by atoms with Crippen molar-refractivity contribution in [2.75, 3.05) is 19.5 Å². The number of esters is 1. The molecule has 2 atom stereocenters. The zero-order valence-corrected chi connectivity index (χ0v) is 18.0. The number of rotatable bonds is 7. The van der Waals surface area contributed by atoms with Gasteiger partial charge in [0.2, 0.25) is 0 Å². The van der Waals surface area contributed by atoms with Crippen molar-refractivity contribution in [1.29, 1.82) is 0 Å². The fourth-order valence-electron chi connectivity index (χ4n) is 3.17. The minimum atomic E-state index is -0.653. The molecule has 1 aliphatic rings. The van der Waals surface area contributed by atoms with Crippen LogP contribution in [0.15, 0.2) is 48.5 Å². The van der Waals surface area contributed by atoms with E-state index >= 15 is 0 Å². The number of thioether (sulfide) groups is 1. The number of carbonyl (C=O) groups excluding carboxylic acids is 2. The highest BCUT2D eigenvalue weighted by Crippen LogP contribution is 2.43. The second kappa shape index (κ2) is 10.0. The molecule has 0 aromatic heterocycles. The highest BCUT2D eigenvalue weighted by atomic mass is 35.5. The summed E-state index contributed by atoms with van der Waals surface area (Å²) < 4.78 is 10.7. The molecule has 2 aromatic rings. The van der Waals surface area contributed by atoms with Crippen molar-refractivity contribution in [3.63, 3.8) is 0 Å². The van der Waals surface area contributed by atoms with Crippen LogP contribution < -0.4 is 4.74 Å². The molecule has 0 N–H and O–H groups in total. The van der Waals surface area contributed by atoms with Gasteiger partial charge >= 0.3 is 5.97 Å². The van der Waals surface area contributed by atoms with E-state index in [0.29, 0.717) is 28.7 Å². The SMILES string of the molecule is CCCCOC(=O)C1CSC(c2cccc(Cl)c2)N1C(=O)c1cccc(OC)c1. The van der Waals surface area contributed by atoms with Crippen molar-refractivity contribution in [3.05, 3.63) is 64.7 Å². The van der Waals surface area contributed by atoms with Gasteiger partial charge < -0.3 is 14.4 Å². The van der Waals surface area contributed by atoms with Gasteiger partial charge in [0.25, 0.3) is 5.91 Å². The Balaban J connectivity index is 1.92. The van der Waals surface area contributed by atoms with Gasteiger partial charge in [-0.25, -0.2) is 4.79 Å². The van der Waals surface area contributed by atoms with E-state index in [-0.39, 0.29) is 17.3 Å². The smallest absolute Gasteiger partial charge is 0.329 e. The molecular formula is C22H24ClNO4S. The van der Waals surface area contributed by atoms with E-state index in [1.807, 2.05) is 25.1 Å². The second-order valence-corrected chi connectivity index (χ2v) is 8.27. The molecule has 154 valence electrons. The average Bonchev–Trinajstić information content (AvgIpc) is 3.18. The van der Waals surface area contributed by atoms with E-state index < -0.39 is 6.04 Å². The van der Waals surface area contributed by atoms with Crippen LogP contribution in [-0.2, 0) is 9.53 Å². The predicted molar refractivity (Wildman–Crippen MR) is 115 cm³/mol. The lowest BCUT2D eigenvalue weighted by Gasteiger charge is -2.29. The average molecular weight is 434 g/mol. The number of methoxy groups -OCH3 is 1. The fourth-order valence-corrected chi connectivity index (χ4v) is 4.77. The molecule has 0 spiro atoms. The van der Waals surface area contributed by atoms with E-state index in [1.165, 1.54) is 11.8 Å². The first kappa shape index (κ1) is 21.5. The van der Waals surface area contributed by atoms with E-state index in [4.69, 9.17) is 21.1 Å². The summed E-state index contributed by atoms with van der Waals surface area (Å²) in [6.07, 6.45) is 1.73. The molecule has 0 aliphatic carbocycles. The molecule has 1 saturated heterocycles. The number of benzene rings is 2. The van der Waals surface area contributed by atoms with E-state index in [2.05, 4.69) is 0 Å². The Morgan fingerprint density at radius 3 is 2.72 bits per heavy atom. The molecule has 0 radical (unpaired) electrons. The Bertz CT molecular complexity index is 875. The minimum Gasteiger partial charge on any atom is -0.497 e. The zero-order chi connectivity index (χ0) is 20.8. The molecule has 0 saturated carbocycles. The van der Waals surface area contributed by atoms with Gasteiger partial charge in [0.15, 0.2) is 0 Å². The Labute approximate surface area is 180 Å². The lowest BCUT2D eigenvalue weighted by Crippen LogP contribution is -2.44. The summed E-state index contributed by atoms with van der Waals surface area (Å²) in [4.78, 5) is 27.8. The molecule has 2 aromatic carbocycles. The van der Waals surface area contributed by atoms with Gasteiger partial charge in [-0.05, 0) is 42.3 Å². The second-order valence-electron chi connectivity index (χ2n) is 6.72. The van der Waals surface area contributed by atoms with Gasteiger partial charge in [-0.2, -0.15) is 0 Å². The van der Waals surface area contributed by atoms with Gasteiger partial charge in [0.05, 0.1) is 13.7 Å². The van der Waals surface area contributed by atoms with Gasteiger partial charge in [-0.1, -0.05) is 43.1 Å². The Hall–Kier alpha value is -2.18. The van der Waals surface area contributed by atoms with Crippen molar-refractivity contribution in [1.82, 2.24) is 4.90 Å². The number of hydrogen-bond acceptors (Lipinski definition) is 5. The van der Waals surface area contributed by atoms with Crippen LogP contribution in [0.3, 0.4) is 0 Å². The van der Waals surface area contributed by atoms with E-state index in [9.17, 15) is 9.59 Å². The van der Waals surface area contributed by atoms with Crippen LogP contribution in [0.5, 0.6) is 5.75 Å². The maximum Gasteiger partial charge on any atom is 0.329 e. The molecule has 29 heavy (non-hydrogen) atoms. The maximum absolute atomic E-state index is 13.4. The normalized spacial score (nSPS) is 18.5. The van der Waals surface area contributed by atoms with Gasteiger partial charge in [0, 0.05) is 16.3 Å². The summed E-state index contributed by atoms with van der Waals surface area (Å²) in [5, 5.41) is 0.266. The maximum atomic E-state index is 13.4. The molecule has 2 unspecified atom stereocenters. The zero-order valence-electron chi connectivity index (χ0n) is 16.5. The van der Waals surface area contributed by atoms with Crippen LogP contribution in [0.4, 0.5) is 0 Å². The third kappa shape index (κ3) is 5.06. The van der Waals surface area contributed by atoms with Gasteiger partial charge in [-0.3, -0.25) is 4.79 Å². The summed E-state index contributed by atoms with van der Waals surface area (Å²) in [7, 11) is 1.55. The summed E-state index contributed by atoms with van der Waals surface area (Å²) in [5.74, 6) is 0.449. The number of hydrogen-bond donors (Lipinski definition) is 0. The standard InChI is InChI=1S/C22H24ClNO4S/c1-3-4-11-28-22(26)19-14-29-21(16-8-5-9-17(23)12-16)24(19)20(25)15-7-6-10-18(13-15)27-2/h5-10,12-13,19,21H,3-4,11,14H2,1-2H3. The highest BCUT2D eigenvalue weighted by Gasteiger charge is 2.43. The number of ether oxygens (including phenoxy) is 2. The third-order valence-electron chi connectivity index (χ3n) is 4.70. The molecule has 5 nitrogen and oxygen atoms in total. The lowest BCUT2D eigenvalue weighted by molar-refractivity contribution is -0.148. The van der Waals surface area contributed by atoms with Gasteiger partial charge in [-0.15, -0.1) is 11.8 Å². The van der Waals surface area contributed by atoms with E-state index in [0.717, 1.165) is 18.4 Å². The summed E-state index contributed by atoms with van der Waals surface area (Å²) in [6.45, 7) is 2.40. The molecule has 1 fully saturated rings. The van der Waals surface area contributed by atoms with Crippen LogP contribution >= 0.6 is 23.4 Å². The molecule has 1 amide bonds. The first-order valence-corrected chi connectivity index (χ1v) is 11.0. The van der Waals surface area contributed by atoms with Crippen LogP contribution in [-0.4, -0.2) is 42.3 Å². The predicted octanol–water partition coefficient (Wildman–Crippen LogP) is 4.95. The third-order valence-corrected chi connectivity index (χ3v) is 6.26. The molecule has 7 heteroatoms. The van der Waals surface area contributed by atoms with Crippen molar-refractivity contribution >= 4 is 35.2 Å². The monoisotopic (exact) mass is 433 g/mol. The van der Waals surface area contributed by atoms with Crippen LogP contribution in [0.25, 0.3) is 0 Å². The Kier molecular flexibility index (Phi) is 7.45. The van der Waals surface area contributed by atoms with Crippen molar-refractivity contribution < 1.29 is 19.1 Å². The number of unbranched alkanes of at least 4 members (excludes halogenated alkanes) is 1. The Morgan fingerprint density at radius 1 is 1.21 bits per heavy atom. The number of halogens is 1. The molecular weight excluding hydrogens is 410 g/mol. The lowest BCUT2D eigenvalue weighted by atomic mass is 10.1. The Morgan fingerprint density at radius 2 is 2.00 bits per heavy atom. The molecule has 3 rings (SSSR count). The topological polar surface area (TPSA) is 55.8 Å². The number of amides is 1. The minimum absolute atomic E-state index is 0.240. The first-order valence-electron chi connectivity index (χ1n) is 9.55. The first-order chi connectivity index (χ1) is 14.0. The van der Waals surface area contributed by atoms with Crippen molar-refractivity contribution in [3.8, 4) is 5.75 Å². The van der Waals surface area contributed by atoms with Crippen LogP contribution in [0.1, 0.15) is 41.1 Å².